The number of carboxylic acids is 1. The van der Waals surface area contributed by atoms with Crippen molar-refractivity contribution < 1.29 is 23.1 Å². The fourth-order valence-electron chi connectivity index (χ4n) is 1.92. The summed E-state index contributed by atoms with van der Waals surface area (Å²) in [6.07, 6.45) is -2.92. The number of hydrogen-bond donors (Lipinski definition) is 1. The third-order valence-electron chi connectivity index (χ3n) is 2.87. The van der Waals surface area contributed by atoms with Crippen LogP contribution in [0.2, 0.25) is 0 Å². The summed E-state index contributed by atoms with van der Waals surface area (Å²) < 4.78 is 39.3. The van der Waals surface area contributed by atoms with E-state index in [1.165, 1.54) is 12.1 Å². The lowest BCUT2D eigenvalue weighted by Crippen LogP contribution is -2.07. The molecule has 0 aliphatic carbocycles. The zero-order valence-corrected chi connectivity index (χ0v) is 10.8. The maximum absolute atomic E-state index is 13.1. The van der Waals surface area contributed by atoms with Gasteiger partial charge in [0.2, 0.25) is 0 Å². The van der Waals surface area contributed by atoms with Crippen molar-refractivity contribution in [2.75, 3.05) is 0 Å². The number of hydrogen-bond acceptors (Lipinski definition) is 1. The van der Waals surface area contributed by atoms with Crippen molar-refractivity contribution in [2.24, 2.45) is 0 Å². The number of carboxylic acid groups (broad SMARTS) is 1. The Morgan fingerprint density at radius 2 is 1.67 bits per heavy atom. The van der Waals surface area contributed by atoms with Crippen molar-refractivity contribution in [2.45, 2.75) is 6.18 Å². The average molecular weight is 292 g/mol. The Morgan fingerprint density at radius 1 is 1.00 bits per heavy atom. The summed E-state index contributed by atoms with van der Waals surface area (Å²) in [5.74, 6) is -1.30. The molecule has 2 aromatic rings. The summed E-state index contributed by atoms with van der Waals surface area (Å²) in [5.41, 5.74) is 0.0538. The van der Waals surface area contributed by atoms with Crippen LogP contribution in [0.1, 0.15) is 11.1 Å². The lowest BCUT2D eigenvalue weighted by molar-refractivity contribution is -0.137. The van der Waals surface area contributed by atoms with E-state index in [9.17, 15) is 18.0 Å². The number of carbonyl (C=O) groups is 1. The van der Waals surface area contributed by atoms with Crippen LogP contribution in [-0.2, 0) is 11.0 Å². The van der Waals surface area contributed by atoms with Gasteiger partial charge in [0.1, 0.15) is 0 Å². The molecule has 0 aliphatic rings. The minimum absolute atomic E-state index is 0.176. The lowest BCUT2D eigenvalue weighted by atomic mass is 9.98. The molecule has 0 atom stereocenters. The van der Waals surface area contributed by atoms with Crippen molar-refractivity contribution in [1.29, 1.82) is 0 Å². The van der Waals surface area contributed by atoms with Gasteiger partial charge in [-0.05, 0) is 28.8 Å². The van der Waals surface area contributed by atoms with Gasteiger partial charge in [-0.2, -0.15) is 13.2 Å². The van der Waals surface area contributed by atoms with E-state index < -0.39 is 17.7 Å². The minimum Gasteiger partial charge on any atom is -0.478 e. The molecule has 2 rings (SSSR count). The third-order valence-corrected chi connectivity index (χ3v) is 2.87. The van der Waals surface area contributed by atoms with Gasteiger partial charge in [0, 0.05) is 6.08 Å². The molecule has 0 heterocycles. The molecule has 0 saturated heterocycles. The second kappa shape index (κ2) is 5.83. The van der Waals surface area contributed by atoms with Gasteiger partial charge in [0.25, 0.3) is 0 Å². The normalized spacial score (nSPS) is 11.8. The standard InChI is InChI=1S/C16H11F3O2/c17-16(18,19)14-10-13(11-4-2-1-3-5-11)7-6-12(14)8-9-15(20)21/h1-10H,(H,20,21)/b9-8+. The summed E-state index contributed by atoms with van der Waals surface area (Å²) in [5, 5.41) is 8.53. The Kier molecular flexibility index (Phi) is 4.12. The highest BCUT2D eigenvalue weighted by molar-refractivity contribution is 5.86. The molecule has 21 heavy (non-hydrogen) atoms. The van der Waals surface area contributed by atoms with Gasteiger partial charge in [0.15, 0.2) is 0 Å². The molecule has 108 valence electrons. The van der Waals surface area contributed by atoms with E-state index in [1.54, 1.807) is 30.3 Å². The van der Waals surface area contributed by atoms with E-state index in [4.69, 9.17) is 5.11 Å². The number of halogens is 3. The van der Waals surface area contributed by atoms with Gasteiger partial charge in [0.05, 0.1) is 5.56 Å². The van der Waals surface area contributed by atoms with E-state index in [1.807, 2.05) is 0 Å². The van der Waals surface area contributed by atoms with Crippen LogP contribution >= 0.6 is 0 Å². The molecular weight excluding hydrogens is 281 g/mol. The molecule has 0 fully saturated rings. The van der Waals surface area contributed by atoms with Gasteiger partial charge < -0.3 is 5.11 Å². The molecule has 5 heteroatoms. The molecule has 2 nitrogen and oxygen atoms in total. The highest BCUT2D eigenvalue weighted by atomic mass is 19.4. The van der Waals surface area contributed by atoms with Crippen LogP contribution in [0.5, 0.6) is 0 Å². The van der Waals surface area contributed by atoms with Gasteiger partial charge in [-0.25, -0.2) is 4.79 Å². The Bertz CT molecular complexity index is 674. The molecule has 0 aliphatic heterocycles. The topological polar surface area (TPSA) is 37.3 Å². The third kappa shape index (κ3) is 3.72. The zero-order valence-electron chi connectivity index (χ0n) is 10.8. The Balaban J connectivity index is 2.53. The Hall–Kier alpha value is -2.56. The number of aliphatic carboxylic acids is 1. The van der Waals surface area contributed by atoms with E-state index in [-0.39, 0.29) is 5.56 Å². The van der Waals surface area contributed by atoms with Crippen molar-refractivity contribution >= 4 is 12.0 Å². The summed E-state index contributed by atoms with van der Waals surface area (Å²) in [7, 11) is 0. The van der Waals surface area contributed by atoms with E-state index in [2.05, 4.69) is 0 Å². The van der Waals surface area contributed by atoms with Crippen molar-refractivity contribution in [3.05, 3.63) is 65.7 Å². The fraction of sp³-hybridized carbons (Fsp3) is 0.0625. The molecule has 0 bridgehead atoms. The van der Waals surface area contributed by atoms with Crippen LogP contribution in [0, 0.1) is 0 Å². The minimum atomic E-state index is -4.55. The second-order valence-electron chi connectivity index (χ2n) is 4.34. The largest absolute Gasteiger partial charge is 0.478 e. The SMILES string of the molecule is O=C(O)/C=C/c1ccc(-c2ccccc2)cc1C(F)(F)F. The van der Waals surface area contributed by atoms with E-state index >= 15 is 0 Å². The van der Waals surface area contributed by atoms with Gasteiger partial charge in [-0.15, -0.1) is 0 Å². The molecule has 0 aromatic heterocycles. The van der Waals surface area contributed by atoms with Crippen LogP contribution in [0.4, 0.5) is 13.2 Å². The second-order valence-corrected chi connectivity index (χ2v) is 4.34. The number of rotatable bonds is 3. The zero-order chi connectivity index (χ0) is 15.5. The smallest absolute Gasteiger partial charge is 0.417 e. The van der Waals surface area contributed by atoms with Crippen LogP contribution in [0.3, 0.4) is 0 Å². The molecule has 0 radical (unpaired) electrons. The van der Waals surface area contributed by atoms with Crippen LogP contribution < -0.4 is 0 Å². The molecule has 1 N–H and O–H groups in total. The first-order valence-electron chi connectivity index (χ1n) is 6.05. The average Bonchev–Trinajstić information content (AvgIpc) is 2.45. The van der Waals surface area contributed by atoms with Crippen molar-refractivity contribution in [3.8, 4) is 11.1 Å². The molecule has 2 aromatic carbocycles. The van der Waals surface area contributed by atoms with Crippen LogP contribution in [-0.4, -0.2) is 11.1 Å². The molecule has 0 amide bonds. The maximum Gasteiger partial charge on any atom is 0.417 e. The molecule has 0 unspecified atom stereocenters. The van der Waals surface area contributed by atoms with Gasteiger partial charge in [-0.3, -0.25) is 0 Å². The summed E-state index contributed by atoms with van der Waals surface area (Å²) in [4.78, 5) is 10.5. The Labute approximate surface area is 119 Å². The monoisotopic (exact) mass is 292 g/mol. The highest BCUT2D eigenvalue weighted by Crippen LogP contribution is 2.35. The molecule has 0 spiro atoms. The first kappa shape index (κ1) is 14.8. The van der Waals surface area contributed by atoms with E-state index in [0.717, 1.165) is 12.1 Å². The van der Waals surface area contributed by atoms with Gasteiger partial charge in [-0.1, -0.05) is 42.5 Å². The summed E-state index contributed by atoms with van der Waals surface area (Å²) in [6, 6.07) is 12.5. The predicted octanol–water partition coefficient (Wildman–Crippen LogP) is 4.47. The van der Waals surface area contributed by atoms with E-state index in [0.29, 0.717) is 17.2 Å². The van der Waals surface area contributed by atoms with Crippen LogP contribution in [0.15, 0.2) is 54.6 Å². The number of benzene rings is 2. The van der Waals surface area contributed by atoms with Crippen LogP contribution in [0.25, 0.3) is 17.2 Å². The predicted molar refractivity (Wildman–Crippen MR) is 73.5 cm³/mol. The Morgan fingerprint density at radius 3 is 2.24 bits per heavy atom. The summed E-state index contributed by atoms with van der Waals surface area (Å²) in [6.45, 7) is 0. The summed E-state index contributed by atoms with van der Waals surface area (Å²) >= 11 is 0. The number of alkyl halides is 3. The lowest BCUT2D eigenvalue weighted by Gasteiger charge is -2.12. The first-order chi connectivity index (χ1) is 9.88. The first-order valence-corrected chi connectivity index (χ1v) is 6.05. The van der Waals surface area contributed by atoms with Gasteiger partial charge >= 0.3 is 12.1 Å². The molecule has 0 saturated carbocycles. The van der Waals surface area contributed by atoms with Crippen molar-refractivity contribution in [1.82, 2.24) is 0 Å². The fourth-order valence-corrected chi connectivity index (χ4v) is 1.92. The quantitative estimate of drug-likeness (QED) is 0.847. The maximum atomic E-state index is 13.1. The van der Waals surface area contributed by atoms with Crippen molar-refractivity contribution in [3.63, 3.8) is 0 Å². The highest BCUT2D eigenvalue weighted by Gasteiger charge is 2.33. The molecular formula is C16H11F3O2.